The third-order valence-corrected chi connectivity index (χ3v) is 7.34. The predicted octanol–water partition coefficient (Wildman–Crippen LogP) is 4.10. The van der Waals surface area contributed by atoms with Crippen molar-refractivity contribution in [2.45, 2.75) is 23.9 Å². The summed E-state index contributed by atoms with van der Waals surface area (Å²) in [5.74, 6) is -1.92. The molecular formula is C21H20F2N2O2S2. The van der Waals surface area contributed by atoms with E-state index in [1.54, 1.807) is 11.3 Å². The van der Waals surface area contributed by atoms with E-state index in [1.165, 1.54) is 11.1 Å². The first-order valence-corrected chi connectivity index (χ1v) is 11.6. The van der Waals surface area contributed by atoms with Crippen molar-refractivity contribution in [3.63, 3.8) is 0 Å². The fourth-order valence-electron chi connectivity index (χ4n) is 3.67. The van der Waals surface area contributed by atoms with Crippen molar-refractivity contribution in [2.75, 3.05) is 13.1 Å². The Morgan fingerprint density at radius 2 is 1.90 bits per heavy atom. The molecule has 3 aromatic rings. The molecule has 2 heterocycles. The van der Waals surface area contributed by atoms with Crippen LogP contribution in [0.5, 0.6) is 0 Å². The quantitative estimate of drug-likeness (QED) is 0.635. The Bertz CT molecular complexity index is 1100. The van der Waals surface area contributed by atoms with E-state index >= 15 is 0 Å². The molecule has 2 aromatic carbocycles. The van der Waals surface area contributed by atoms with Gasteiger partial charge in [0.1, 0.15) is 16.5 Å². The lowest BCUT2D eigenvalue weighted by molar-refractivity contribution is 0.180. The van der Waals surface area contributed by atoms with Crippen LogP contribution < -0.4 is 4.72 Å². The summed E-state index contributed by atoms with van der Waals surface area (Å²) in [7, 11) is -4.11. The Morgan fingerprint density at radius 3 is 2.62 bits per heavy atom. The number of benzene rings is 2. The number of rotatable bonds is 6. The molecule has 8 heteroatoms. The molecule has 152 valence electrons. The van der Waals surface area contributed by atoms with E-state index in [0.29, 0.717) is 12.6 Å². The second-order valence-corrected chi connectivity index (χ2v) is 9.50. The summed E-state index contributed by atoms with van der Waals surface area (Å²) in [6.07, 6.45) is 0.885. The van der Waals surface area contributed by atoms with Crippen molar-refractivity contribution in [1.29, 1.82) is 0 Å². The van der Waals surface area contributed by atoms with E-state index in [-0.39, 0.29) is 12.6 Å². The number of nitrogens with one attached hydrogen (secondary N) is 1. The summed E-state index contributed by atoms with van der Waals surface area (Å²) >= 11 is 1.55. The molecule has 29 heavy (non-hydrogen) atoms. The largest absolute Gasteiger partial charge is 0.290 e. The molecule has 1 unspecified atom stereocenters. The van der Waals surface area contributed by atoms with Crippen LogP contribution in [0.25, 0.3) is 0 Å². The highest BCUT2D eigenvalue weighted by Gasteiger charge is 2.28. The first-order chi connectivity index (χ1) is 13.9. The SMILES string of the molecule is O=S(=O)(NCC(c1ccsc1)N1CCc2ccccc2C1)c1ccc(F)cc1F. The fourth-order valence-corrected chi connectivity index (χ4v) is 5.47. The molecule has 1 aromatic heterocycles. The molecular weight excluding hydrogens is 414 g/mol. The zero-order valence-electron chi connectivity index (χ0n) is 15.5. The second kappa shape index (κ2) is 8.31. The molecule has 4 nitrogen and oxygen atoms in total. The standard InChI is InChI=1S/C21H20F2N2O2S2/c22-18-5-6-21(19(23)11-18)29(26,27)24-12-20(17-8-10-28-14-17)25-9-7-15-3-1-2-4-16(15)13-25/h1-6,8,10-11,14,20,24H,7,9,12-13H2. The molecule has 0 saturated carbocycles. The van der Waals surface area contributed by atoms with Gasteiger partial charge in [-0.3, -0.25) is 4.90 Å². The lowest BCUT2D eigenvalue weighted by Gasteiger charge is -2.35. The molecule has 0 radical (unpaired) electrons. The molecule has 0 saturated heterocycles. The molecule has 0 aliphatic carbocycles. The Balaban J connectivity index is 1.56. The summed E-state index contributed by atoms with van der Waals surface area (Å²) in [6.45, 7) is 1.60. The van der Waals surface area contributed by atoms with E-state index in [0.717, 1.165) is 30.7 Å². The number of thiophene rings is 1. The summed E-state index contributed by atoms with van der Waals surface area (Å²) in [5, 5.41) is 3.95. The fraction of sp³-hybridized carbons (Fsp3) is 0.238. The number of halogens is 2. The topological polar surface area (TPSA) is 49.4 Å². The normalized spacial score (nSPS) is 15.8. The van der Waals surface area contributed by atoms with Crippen LogP contribution >= 0.6 is 11.3 Å². The van der Waals surface area contributed by atoms with Gasteiger partial charge in [0.15, 0.2) is 0 Å². The molecule has 1 N–H and O–H groups in total. The number of fused-ring (bicyclic) bond motifs is 1. The molecule has 1 atom stereocenters. The van der Waals surface area contributed by atoms with Gasteiger partial charge in [-0.15, -0.1) is 0 Å². The van der Waals surface area contributed by atoms with E-state index in [9.17, 15) is 17.2 Å². The van der Waals surface area contributed by atoms with Gasteiger partial charge in [0.25, 0.3) is 0 Å². The van der Waals surface area contributed by atoms with Gasteiger partial charge in [0, 0.05) is 31.7 Å². The first kappa shape index (κ1) is 20.2. The van der Waals surface area contributed by atoms with Gasteiger partial charge in [0.2, 0.25) is 10.0 Å². The van der Waals surface area contributed by atoms with E-state index in [4.69, 9.17) is 0 Å². The van der Waals surface area contributed by atoms with Gasteiger partial charge in [-0.05, 0) is 52.1 Å². The lowest BCUT2D eigenvalue weighted by atomic mass is 9.97. The van der Waals surface area contributed by atoms with Crippen molar-refractivity contribution in [1.82, 2.24) is 9.62 Å². The maximum absolute atomic E-state index is 14.0. The predicted molar refractivity (Wildman–Crippen MR) is 109 cm³/mol. The summed E-state index contributed by atoms with van der Waals surface area (Å²) < 4.78 is 54.9. The monoisotopic (exact) mass is 434 g/mol. The molecule has 0 amide bonds. The number of sulfonamides is 1. The maximum Gasteiger partial charge on any atom is 0.243 e. The van der Waals surface area contributed by atoms with Crippen molar-refractivity contribution >= 4 is 21.4 Å². The zero-order valence-corrected chi connectivity index (χ0v) is 17.1. The van der Waals surface area contributed by atoms with E-state index in [1.807, 2.05) is 29.0 Å². The minimum absolute atomic E-state index is 0.0953. The number of nitrogens with zero attached hydrogens (tertiary/aromatic N) is 1. The minimum Gasteiger partial charge on any atom is -0.290 e. The Morgan fingerprint density at radius 1 is 1.10 bits per heavy atom. The second-order valence-electron chi connectivity index (χ2n) is 6.99. The van der Waals surface area contributed by atoms with Crippen LogP contribution in [-0.4, -0.2) is 26.4 Å². The average Bonchev–Trinajstić information content (AvgIpc) is 3.22. The van der Waals surface area contributed by atoms with Gasteiger partial charge >= 0.3 is 0 Å². The lowest BCUT2D eigenvalue weighted by Crippen LogP contribution is -2.40. The Hall–Kier alpha value is -2.13. The van der Waals surface area contributed by atoms with Gasteiger partial charge in [-0.2, -0.15) is 11.3 Å². The van der Waals surface area contributed by atoms with Gasteiger partial charge in [-0.1, -0.05) is 24.3 Å². The van der Waals surface area contributed by atoms with Crippen molar-refractivity contribution in [3.05, 3.63) is 87.6 Å². The third kappa shape index (κ3) is 4.40. The van der Waals surface area contributed by atoms with Crippen LogP contribution in [-0.2, 0) is 23.0 Å². The molecule has 0 fully saturated rings. The molecule has 1 aliphatic heterocycles. The highest BCUT2D eigenvalue weighted by atomic mass is 32.2. The van der Waals surface area contributed by atoms with Crippen LogP contribution in [0.2, 0.25) is 0 Å². The van der Waals surface area contributed by atoms with Crippen LogP contribution in [0, 0.1) is 11.6 Å². The van der Waals surface area contributed by atoms with Crippen LogP contribution in [0.3, 0.4) is 0 Å². The highest BCUT2D eigenvalue weighted by molar-refractivity contribution is 7.89. The van der Waals surface area contributed by atoms with Gasteiger partial charge < -0.3 is 0 Å². The Labute approximate surface area is 172 Å². The smallest absolute Gasteiger partial charge is 0.243 e. The Kier molecular flexibility index (Phi) is 5.78. The maximum atomic E-state index is 14.0. The third-order valence-electron chi connectivity index (χ3n) is 5.18. The van der Waals surface area contributed by atoms with Gasteiger partial charge in [-0.25, -0.2) is 21.9 Å². The van der Waals surface area contributed by atoms with Crippen LogP contribution in [0.15, 0.2) is 64.2 Å². The van der Waals surface area contributed by atoms with Crippen molar-refractivity contribution in [3.8, 4) is 0 Å². The molecule has 4 rings (SSSR count). The number of hydrogen-bond acceptors (Lipinski definition) is 4. The first-order valence-electron chi connectivity index (χ1n) is 9.22. The van der Waals surface area contributed by atoms with Crippen LogP contribution in [0.1, 0.15) is 22.7 Å². The highest BCUT2D eigenvalue weighted by Crippen LogP contribution is 2.29. The van der Waals surface area contributed by atoms with Crippen molar-refractivity contribution in [2.24, 2.45) is 0 Å². The van der Waals surface area contributed by atoms with Crippen LogP contribution in [0.4, 0.5) is 8.78 Å². The van der Waals surface area contributed by atoms with Gasteiger partial charge in [0.05, 0.1) is 0 Å². The van der Waals surface area contributed by atoms with E-state index < -0.39 is 26.6 Å². The minimum atomic E-state index is -4.11. The molecule has 0 spiro atoms. The molecule has 0 bridgehead atoms. The van der Waals surface area contributed by atoms with E-state index in [2.05, 4.69) is 21.8 Å². The number of hydrogen-bond donors (Lipinski definition) is 1. The summed E-state index contributed by atoms with van der Waals surface area (Å²) in [5.41, 5.74) is 3.55. The van der Waals surface area contributed by atoms with Crippen molar-refractivity contribution < 1.29 is 17.2 Å². The molecule has 1 aliphatic rings. The summed E-state index contributed by atoms with van der Waals surface area (Å²) in [4.78, 5) is 1.68. The zero-order chi connectivity index (χ0) is 20.4. The average molecular weight is 435 g/mol. The summed E-state index contributed by atoms with van der Waals surface area (Å²) in [6, 6.07) is 12.5.